The molecule has 12 heavy (non-hydrogen) atoms. The largest absolute Gasteiger partial charge is 0.381 e. The van der Waals surface area contributed by atoms with Crippen LogP contribution in [0.15, 0.2) is 0 Å². The third-order valence-corrected chi connectivity index (χ3v) is 3.42. The molecule has 2 heteroatoms. The van der Waals surface area contributed by atoms with Crippen molar-refractivity contribution < 1.29 is 4.74 Å². The van der Waals surface area contributed by atoms with Crippen LogP contribution in [0, 0.1) is 5.92 Å². The van der Waals surface area contributed by atoms with Crippen molar-refractivity contribution in [1.82, 2.24) is 5.32 Å². The van der Waals surface area contributed by atoms with Crippen LogP contribution in [0.2, 0.25) is 0 Å². The fourth-order valence-electron chi connectivity index (χ4n) is 2.78. The molecular weight excluding hydrogens is 150 g/mol. The predicted molar refractivity (Wildman–Crippen MR) is 49.2 cm³/mol. The van der Waals surface area contributed by atoms with Crippen LogP contribution in [-0.2, 0) is 4.74 Å². The maximum absolute atomic E-state index is 5.52. The molecule has 1 saturated carbocycles. The number of nitrogens with one attached hydrogen (secondary N) is 1. The Morgan fingerprint density at radius 2 is 2.08 bits per heavy atom. The molecule has 0 bridgehead atoms. The third-order valence-electron chi connectivity index (χ3n) is 3.42. The standard InChI is InChI=1S/C10H19NO/c1-12-10-6-2-5-9-8(10)4-3-7-11-9/h8-11H,2-7H2,1H3. The Labute approximate surface area is 74.7 Å². The molecule has 0 aromatic carbocycles. The normalized spacial score (nSPS) is 42.2. The highest BCUT2D eigenvalue weighted by Gasteiger charge is 2.34. The Morgan fingerprint density at radius 3 is 2.92 bits per heavy atom. The first-order valence-corrected chi connectivity index (χ1v) is 5.18. The van der Waals surface area contributed by atoms with E-state index in [1.54, 1.807) is 0 Å². The zero-order valence-electron chi connectivity index (χ0n) is 7.88. The van der Waals surface area contributed by atoms with Gasteiger partial charge in [-0.15, -0.1) is 0 Å². The maximum atomic E-state index is 5.52. The van der Waals surface area contributed by atoms with E-state index in [0.717, 1.165) is 12.0 Å². The van der Waals surface area contributed by atoms with Crippen LogP contribution in [-0.4, -0.2) is 25.8 Å². The Morgan fingerprint density at radius 1 is 1.17 bits per heavy atom. The zero-order valence-corrected chi connectivity index (χ0v) is 7.88. The van der Waals surface area contributed by atoms with Gasteiger partial charge < -0.3 is 10.1 Å². The molecule has 2 fully saturated rings. The third kappa shape index (κ3) is 1.50. The van der Waals surface area contributed by atoms with Crippen LogP contribution in [0.1, 0.15) is 32.1 Å². The van der Waals surface area contributed by atoms with Gasteiger partial charge in [-0.05, 0) is 38.6 Å². The molecule has 0 spiro atoms. The summed E-state index contributed by atoms with van der Waals surface area (Å²) in [5.41, 5.74) is 0. The van der Waals surface area contributed by atoms with E-state index >= 15 is 0 Å². The van der Waals surface area contributed by atoms with Gasteiger partial charge in [0.15, 0.2) is 0 Å². The van der Waals surface area contributed by atoms with Gasteiger partial charge in [-0.2, -0.15) is 0 Å². The molecule has 1 N–H and O–H groups in total. The number of rotatable bonds is 1. The molecule has 1 saturated heterocycles. The molecule has 2 aliphatic rings. The minimum absolute atomic E-state index is 0.538. The number of piperidine rings is 1. The SMILES string of the molecule is COC1CCCC2NCCCC21. The van der Waals surface area contributed by atoms with Gasteiger partial charge in [0, 0.05) is 19.1 Å². The van der Waals surface area contributed by atoms with E-state index in [9.17, 15) is 0 Å². The van der Waals surface area contributed by atoms with Crippen LogP contribution < -0.4 is 5.32 Å². The first-order valence-electron chi connectivity index (χ1n) is 5.18. The van der Waals surface area contributed by atoms with Crippen LogP contribution in [0.5, 0.6) is 0 Å². The average molecular weight is 169 g/mol. The van der Waals surface area contributed by atoms with Crippen molar-refractivity contribution in [2.24, 2.45) is 5.92 Å². The van der Waals surface area contributed by atoms with E-state index in [2.05, 4.69) is 5.32 Å². The minimum Gasteiger partial charge on any atom is -0.381 e. The number of ether oxygens (including phenoxy) is 1. The van der Waals surface area contributed by atoms with Crippen molar-refractivity contribution in [2.75, 3.05) is 13.7 Å². The average Bonchev–Trinajstić information content (AvgIpc) is 2.17. The van der Waals surface area contributed by atoms with Crippen molar-refractivity contribution >= 4 is 0 Å². The van der Waals surface area contributed by atoms with Crippen LogP contribution in [0.4, 0.5) is 0 Å². The second-order valence-electron chi connectivity index (χ2n) is 4.07. The molecular formula is C10H19NO. The Kier molecular flexibility index (Phi) is 2.66. The number of fused-ring (bicyclic) bond motifs is 1. The summed E-state index contributed by atoms with van der Waals surface area (Å²) < 4.78 is 5.52. The lowest BCUT2D eigenvalue weighted by Crippen LogP contribution is -2.49. The summed E-state index contributed by atoms with van der Waals surface area (Å²) >= 11 is 0. The quantitative estimate of drug-likeness (QED) is 0.643. The van der Waals surface area contributed by atoms with Crippen LogP contribution >= 0.6 is 0 Å². The monoisotopic (exact) mass is 169 g/mol. The highest BCUT2D eigenvalue weighted by Crippen LogP contribution is 2.32. The summed E-state index contributed by atoms with van der Waals surface area (Å²) in [7, 11) is 1.86. The molecule has 3 atom stereocenters. The second-order valence-corrected chi connectivity index (χ2v) is 4.07. The first kappa shape index (κ1) is 8.52. The van der Waals surface area contributed by atoms with Crippen molar-refractivity contribution in [3.05, 3.63) is 0 Å². The molecule has 2 rings (SSSR count). The van der Waals surface area contributed by atoms with Crippen molar-refractivity contribution in [3.63, 3.8) is 0 Å². The molecule has 0 amide bonds. The predicted octanol–water partition coefficient (Wildman–Crippen LogP) is 1.55. The Hall–Kier alpha value is -0.0800. The highest BCUT2D eigenvalue weighted by molar-refractivity contribution is 4.90. The number of methoxy groups -OCH3 is 1. The van der Waals surface area contributed by atoms with Crippen molar-refractivity contribution in [1.29, 1.82) is 0 Å². The number of hydrogen-bond acceptors (Lipinski definition) is 2. The molecule has 1 aliphatic heterocycles. The topological polar surface area (TPSA) is 21.3 Å². The summed E-state index contributed by atoms with van der Waals surface area (Å²) in [5.74, 6) is 0.803. The smallest absolute Gasteiger partial charge is 0.0614 e. The van der Waals surface area contributed by atoms with Gasteiger partial charge in [-0.1, -0.05) is 0 Å². The lowest BCUT2D eigenvalue weighted by molar-refractivity contribution is -0.00500. The Balaban J connectivity index is 1.99. The van der Waals surface area contributed by atoms with Gasteiger partial charge in [0.05, 0.1) is 6.10 Å². The molecule has 0 aromatic heterocycles. The zero-order chi connectivity index (χ0) is 8.39. The van der Waals surface area contributed by atoms with Gasteiger partial charge in [0.2, 0.25) is 0 Å². The minimum atomic E-state index is 0.538. The van der Waals surface area contributed by atoms with Gasteiger partial charge >= 0.3 is 0 Å². The van der Waals surface area contributed by atoms with E-state index in [-0.39, 0.29) is 0 Å². The lowest BCUT2D eigenvalue weighted by atomic mass is 9.77. The van der Waals surface area contributed by atoms with Crippen LogP contribution in [0.25, 0.3) is 0 Å². The van der Waals surface area contributed by atoms with E-state index in [4.69, 9.17) is 4.74 Å². The molecule has 70 valence electrons. The molecule has 3 unspecified atom stereocenters. The van der Waals surface area contributed by atoms with Crippen molar-refractivity contribution in [2.45, 2.75) is 44.2 Å². The summed E-state index contributed by atoms with van der Waals surface area (Å²) in [5, 5.41) is 3.61. The molecule has 0 aromatic rings. The van der Waals surface area contributed by atoms with E-state index in [1.807, 2.05) is 7.11 Å². The Bertz CT molecular complexity index is 140. The van der Waals surface area contributed by atoms with Gasteiger partial charge in [-0.25, -0.2) is 0 Å². The van der Waals surface area contributed by atoms with Crippen molar-refractivity contribution in [3.8, 4) is 0 Å². The molecule has 1 heterocycles. The summed E-state index contributed by atoms with van der Waals surface area (Å²) in [4.78, 5) is 0. The van der Waals surface area contributed by atoms with Gasteiger partial charge in [0.1, 0.15) is 0 Å². The van der Waals surface area contributed by atoms with E-state index in [1.165, 1.54) is 38.6 Å². The lowest BCUT2D eigenvalue weighted by Gasteiger charge is -2.41. The first-order chi connectivity index (χ1) is 5.92. The highest BCUT2D eigenvalue weighted by atomic mass is 16.5. The fourth-order valence-corrected chi connectivity index (χ4v) is 2.78. The molecule has 2 nitrogen and oxygen atoms in total. The molecule has 1 aliphatic carbocycles. The summed E-state index contributed by atoms with van der Waals surface area (Å²) in [6.07, 6.45) is 7.23. The fraction of sp³-hybridized carbons (Fsp3) is 1.00. The molecule has 0 radical (unpaired) electrons. The van der Waals surface area contributed by atoms with E-state index < -0.39 is 0 Å². The number of hydrogen-bond donors (Lipinski definition) is 1. The van der Waals surface area contributed by atoms with Crippen LogP contribution in [0.3, 0.4) is 0 Å². The summed E-state index contributed by atoms with van der Waals surface area (Å²) in [6.45, 7) is 1.22. The van der Waals surface area contributed by atoms with E-state index in [0.29, 0.717) is 6.10 Å². The van der Waals surface area contributed by atoms with Gasteiger partial charge in [0.25, 0.3) is 0 Å². The second kappa shape index (κ2) is 3.75. The maximum Gasteiger partial charge on any atom is 0.0614 e. The summed E-state index contributed by atoms with van der Waals surface area (Å²) in [6, 6.07) is 0.762. The van der Waals surface area contributed by atoms with Gasteiger partial charge in [-0.3, -0.25) is 0 Å².